The van der Waals surface area contributed by atoms with Crippen molar-refractivity contribution in [3.05, 3.63) is 64.7 Å². The van der Waals surface area contributed by atoms with E-state index in [1.807, 2.05) is 4.90 Å². The van der Waals surface area contributed by atoms with Gasteiger partial charge in [-0.1, -0.05) is 17.7 Å². The van der Waals surface area contributed by atoms with Crippen LogP contribution in [0.3, 0.4) is 0 Å². The number of benzene rings is 2. The van der Waals surface area contributed by atoms with Crippen LogP contribution in [0.15, 0.2) is 48.5 Å². The van der Waals surface area contributed by atoms with Gasteiger partial charge >= 0.3 is 0 Å². The summed E-state index contributed by atoms with van der Waals surface area (Å²) in [7, 11) is 0. The lowest BCUT2D eigenvalue weighted by Gasteiger charge is -2.15. The van der Waals surface area contributed by atoms with E-state index in [9.17, 15) is 9.59 Å². The van der Waals surface area contributed by atoms with E-state index in [0.29, 0.717) is 21.9 Å². The zero-order valence-electron chi connectivity index (χ0n) is 13.2. The van der Waals surface area contributed by atoms with E-state index in [4.69, 9.17) is 16.3 Å². The first-order chi connectivity index (χ1) is 11.6. The minimum absolute atomic E-state index is 0.0157. The second-order valence-electron chi connectivity index (χ2n) is 5.75. The van der Waals surface area contributed by atoms with Gasteiger partial charge in [0.15, 0.2) is 12.4 Å². The number of hydrogen-bond acceptors (Lipinski definition) is 3. The summed E-state index contributed by atoms with van der Waals surface area (Å²) in [5.74, 6) is 0.396. The van der Waals surface area contributed by atoms with Gasteiger partial charge < -0.3 is 9.64 Å². The molecule has 0 aromatic heterocycles. The van der Waals surface area contributed by atoms with Gasteiger partial charge in [-0.2, -0.15) is 0 Å². The van der Waals surface area contributed by atoms with Crippen LogP contribution in [0.1, 0.15) is 33.6 Å². The fourth-order valence-electron chi connectivity index (χ4n) is 2.69. The lowest BCUT2D eigenvalue weighted by atomic mass is 10.1. The number of nitrogens with zero attached hydrogens (tertiary/aromatic N) is 1. The van der Waals surface area contributed by atoms with Crippen molar-refractivity contribution in [2.24, 2.45) is 0 Å². The molecule has 5 heteroatoms. The van der Waals surface area contributed by atoms with Crippen molar-refractivity contribution in [3.8, 4) is 5.75 Å². The highest BCUT2D eigenvalue weighted by molar-refractivity contribution is 6.30. The van der Waals surface area contributed by atoms with Gasteiger partial charge in [-0.15, -0.1) is 0 Å². The third kappa shape index (κ3) is 3.95. The van der Waals surface area contributed by atoms with Crippen molar-refractivity contribution >= 4 is 23.3 Å². The van der Waals surface area contributed by atoms with Crippen molar-refractivity contribution in [1.29, 1.82) is 0 Å². The maximum Gasteiger partial charge on any atom is 0.253 e. The molecule has 1 aliphatic heterocycles. The van der Waals surface area contributed by atoms with E-state index in [1.165, 1.54) is 0 Å². The normalized spacial score (nSPS) is 13.8. The molecule has 3 rings (SSSR count). The van der Waals surface area contributed by atoms with E-state index >= 15 is 0 Å². The Morgan fingerprint density at radius 3 is 2.42 bits per heavy atom. The summed E-state index contributed by atoms with van der Waals surface area (Å²) in [6, 6.07) is 13.7. The first kappa shape index (κ1) is 16.5. The van der Waals surface area contributed by atoms with Crippen molar-refractivity contribution in [3.63, 3.8) is 0 Å². The number of ether oxygens (including phenoxy) is 1. The zero-order valence-corrected chi connectivity index (χ0v) is 14.0. The van der Waals surface area contributed by atoms with Gasteiger partial charge in [0.05, 0.1) is 0 Å². The molecule has 1 heterocycles. The number of carbonyl (C=O) groups is 2. The molecule has 4 nitrogen and oxygen atoms in total. The standard InChI is InChI=1S/C19H18ClNO3/c20-16-8-6-14(7-9-16)18(22)13-24-17-5-3-4-15(12-17)19(23)21-10-1-2-11-21/h3-9,12H,1-2,10-11,13H2. The van der Waals surface area contributed by atoms with Gasteiger partial charge in [0.1, 0.15) is 5.75 Å². The van der Waals surface area contributed by atoms with Crippen molar-refractivity contribution in [2.75, 3.05) is 19.7 Å². The third-order valence-corrected chi connectivity index (χ3v) is 4.26. The lowest BCUT2D eigenvalue weighted by Crippen LogP contribution is -2.27. The lowest BCUT2D eigenvalue weighted by molar-refractivity contribution is 0.0792. The zero-order chi connectivity index (χ0) is 16.9. The number of likely N-dealkylation sites (tertiary alicyclic amines) is 1. The highest BCUT2D eigenvalue weighted by atomic mass is 35.5. The van der Waals surface area contributed by atoms with Gasteiger partial charge in [0.25, 0.3) is 5.91 Å². The number of rotatable bonds is 5. The summed E-state index contributed by atoms with van der Waals surface area (Å²) in [6.45, 7) is 1.53. The Kier molecular flexibility index (Phi) is 5.16. The fraction of sp³-hybridized carbons (Fsp3) is 0.263. The van der Waals surface area contributed by atoms with Crippen molar-refractivity contribution in [2.45, 2.75) is 12.8 Å². The molecule has 1 saturated heterocycles. The first-order valence-corrected chi connectivity index (χ1v) is 8.32. The van der Waals surface area contributed by atoms with Crippen LogP contribution in [0.4, 0.5) is 0 Å². The molecule has 24 heavy (non-hydrogen) atoms. The van der Waals surface area contributed by atoms with Crippen molar-refractivity contribution in [1.82, 2.24) is 4.90 Å². The number of carbonyl (C=O) groups excluding carboxylic acids is 2. The van der Waals surface area contributed by atoms with Gasteiger partial charge in [-0.3, -0.25) is 9.59 Å². The molecule has 0 aliphatic carbocycles. The van der Waals surface area contributed by atoms with E-state index in [0.717, 1.165) is 25.9 Å². The van der Waals surface area contributed by atoms with Crippen LogP contribution in [0.5, 0.6) is 5.75 Å². The van der Waals surface area contributed by atoms with E-state index < -0.39 is 0 Å². The van der Waals surface area contributed by atoms with Crippen LogP contribution >= 0.6 is 11.6 Å². The van der Waals surface area contributed by atoms with Gasteiger partial charge in [0.2, 0.25) is 0 Å². The van der Waals surface area contributed by atoms with E-state index in [2.05, 4.69) is 0 Å². The summed E-state index contributed by atoms with van der Waals surface area (Å²) in [5, 5.41) is 0.584. The molecule has 0 saturated carbocycles. The molecule has 0 radical (unpaired) electrons. The average molecular weight is 344 g/mol. The second kappa shape index (κ2) is 7.49. The van der Waals surface area contributed by atoms with Gasteiger partial charge in [0, 0.05) is 29.2 Å². The predicted molar refractivity (Wildman–Crippen MR) is 92.9 cm³/mol. The minimum atomic E-state index is -0.136. The van der Waals surface area contributed by atoms with Crippen molar-refractivity contribution < 1.29 is 14.3 Å². The number of Topliss-reactive ketones (excluding diaryl/α,β-unsaturated/α-hetero) is 1. The molecule has 0 bridgehead atoms. The minimum Gasteiger partial charge on any atom is -0.485 e. The molecule has 1 amide bonds. The Morgan fingerprint density at radius 1 is 1.00 bits per heavy atom. The summed E-state index contributed by atoms with van der Waals surface area (Å²) in [5.41, 5.74) is 1.14. The maximum atomic E-state index is 12.4. The molecule has 2 aromatic carbocycles. The maximum absolute atomic E-state index is 12.4. The Labute approximate surface area is 146 Å². The Morgan fingerprint density at radius 2 is 1.71 bits per heavy atom. The summed E-state index contributed by atoms with van der Waals surface area (Å²) < 4.78 is 5.55. The smallest absolute Gasteiger partial charge is 0.253 e. The van der Waals surface area contributed by atoms with Gasteiger partial charge in [-0.25, -0.2) is 0 Å². The van der Waals surface area contributed by atoms with Crippen LogP contribution in [0.25, 0.3) is 0 Å². The van der Waals surface area contributed by atoms with E-state index in [1.54, 1.807) is 48.5 Å². The molecule has 0 unspecified atom stereocenters. The molecular formula is C19H18ClNO3. The molecule has 0 spiro atoms. The first-order valence-electron chi connectivity index (χ1n) is 7.94. The molecule has 2 aromatic rings. The summed E-state index contributed by atoms with van der Waals surface area (Å²) >= 11 is 5.81. The Bertz CT molecular complexity index is 737. The highest BCUT2D eigenvalue weighted by Gasteiger charge is 2.19. The average Bonchev–Trinajstić information content (AvgIpc) is 3.14. The predicted octanol–water partition coefficient (Wildman–Crippen LogP) is 3.84. The van der Waals surface area contributed by atoms with Crippen LogP contribution in [-0.2, 0) is 0 Å². The van der Waals surface area contributed by atoms with Crippen LogP contribution in [0.2, 0.25) is 5.02 Å². The van der Waals surface area contributed by atoms with Crippen LogP contribution in [0, 0.1) is 0 Å². The molecular weight excluding hydrogens is 326 g/mol. The number of amides is 1. The fourth-order valence-corrected chi connectivity index (χ4v) is 2.82. The molecule has 124 valence electrons. The monoisotopic (exact) mass is 343 g/mol. The Balaban J connectivity index is 1.63. The molecule has 0 N–H and O–H groups in total. The number of ketones is 1. The third-order valence-electron chi connectivity index (χ3n) is 4.01. The SMILES string of the molecule is O=C(COc1cccc(C(=O)N2CCCC2)c1)c1ccc(Cl)cc1. The van der Waals surface area contributed by atoms with Crippen LogP contribution < -0.4 is 4.74 Å². The number of hydrogen-bond donors (Lipinski definition) is 0. The molecule has 1 fully saturated rings. The van der Waals surface area contributed by atoms with Gasteiger partial charge in [-0.05, 0) is 55.3 Å². The Hall–Kier alpha value is -2.33. The topological polar surface area (TPSA) is 46.6 Å². The van der Waals surface area contributed by atoms with E-state index in [-0.39, 0.29) is 18.3 Å². The number of halogens is 1. The quantitative estimate of drug-likeness (QED) is 0.775. The molecule has 1 aliphatic rings. The molecule has 0 atom stereocenters. The second-order valence-corrected chi connectivity index (χ2v) is 6.18. The largest absolute Gasteiger partial charge is 0.485 e. The van der Waals surface area contributed by atoms with Crippen LogP contribution in [-0.4, -0.2) is 36.3 Å². The summed E-state index contributed by atoms with van der Waals surface area (Å²) in [4.78, 5) is 26.3. The summed E-state index contributed by atoms with van der Waals surface area (Å²) in [6.07, 6.45) is 2.11. The highest BCUT2D eigenvalue weighted by Crippen LogP contribution is 2.18.